The van der Waals surface area contributed by atoms with Gasteiger partial charge in [0.25, 0.3) is 0 Å². The maximum absolute atomic E-state index is 4.72. The lowest BCUT2D eigenvalue weighted by molar-refractivity contribution is 0.370. The number of nitrogens with one attached hydrogen (secondary N) is 1. The molecular weight excluding hydrogens is 308 g/mol. The SMILES string of the molecule is C=CNc1ccc(C2=CCc3ncc(C4=CCN(C)CC4)cc32)cn1. The second-order valence-corrected chi connectivity index (χ2v) is 6.56. The summed E-state index contributed by atoms with van der Waals surface area (Å²) in [5.41, 5.74) is 7.41. The molecule has 0 fully saturated rings. The first-order valence-corrected chi connectivity index (χ1v) is 8.66. The van der Waals surface area contributed by atoms with E-state index in [0.717, 1.165) is 43.0 Å². The summed E-state index contributed by atoms with van der Waals surface area (Å²) in [5, 5.41) is 3.01. The standard InChI is InChI=1S/C21H22N4/c1-3-22-21-7-4-16(13-24-21)18-5-6-20-19(18)12-17(14-23-20)15-8-10-25(2)11-9-15/h3-5,7-8,12-14H,1,6,9-11H2,2H3,(H,22,24). The lowest BCUT2D eigenvalue weighted by Gasteiger charge is -2.22. The molecule has 0 atom stereocenters. The predicted octanol–water partition coefficient (Wildman–Crippen LogP) is 3.74. The molecular formula is C21H22N4. The highest BCUT2D eigenvalue weighted by molar-refractivity contribution is 5.85. The molecule has 2 aromatic heterocycles. The molecule has 2 aliphatic rings. The number of anilines is 1. The van der Waals surface area contributed by atoms with Crippen LogP contribution in [0.4, 0.5) is 5.82 Å². The highest BCUT2D eigenvalue weighted by Gasteiger charge is 2.19. The van der Waals surface area contributed by atoms with Crippen molar-refractivity contribution in [2.24, 2.45) is 0 Å². The highest BCUT2D eigenvalue weighted by atomic mass is 15.1. The zero-order valence-corrected chi connectivity index (χ0v) is 14.5. The van der Waals surface area contributed by atoms with Crippen molar-refractivity contribution >= 4 is 17.0 Å². The number of fused-ring (bicyclic) bond motifs is 1. The van der Waals surface area contributed by atoms with Gasteiger partial charge in [-0.1, -0.05) is 18.7 Å². The largest absolute Gasteiger partial charge is 0.347 e. The van der Waals surface area contributed by atoms with Crippen LogP contribution in [-0.4, -0.2) is 35.0 Å². The summed E-state index contributed by atoms with van der Waals surface area (Å²) in [6, 6.07) is 6.38. The summed E-state index contributed by atoms with van der Waals surface area (Å²) in [6.45, 7) is 5.78. The van der Waals surface area contributed by atoms with Crippen LogP contribution in [0.5, 0.6) is 0 Å². The maximum atomic E-state index is 4.72. The molecule has 126 valence electrons. The quantitative estimate of drug-likeness (QED) is 0.927. The van der Waals surface area contributed by atoms with E-state index in [0.29, 0.717) is 0 Å². The predicted molar refractivity (Wildman–Crippen MR) is 103 cm³/mol. The van der Waals surface area contributed by atoms with E-state index in [1.165, 1.54) is 22.3 Å². The molecule has 0 saturated heterocycles. The molecule has 3 heterocycles. The Kier molecular flexibility index (Phi) is 4.20. The van der Waals surface area contributed by atoms with Crippen LogP contribution in [0.3, 0.4) is 0 Å². The fourth-order valence-corrected chi connectivity index (χ4v) is 3.42. The third-order valence-corrected chi connectivity index (χ3v) is 4.87. The van der Waals surface area contributed by atoms with Crippen LogP contribution < -0.4 is 5.32 Å². The first kappa shape index (κ1) is 15.8. The van der Waals surface area contributed by atoms with Gasteiger partial charge in [0, 0.05) is 43.0 Å². The van der Waals surface area contributed by atoms with Gasteiger partial charge in [0.05, 0.1) is 5.69 Å². The molecule has 1 aliphatic carbocycles. The van der Waals surface area contributed by atoms with Crippen LogP contribution in [-0.2, 0) is 6.42 Å². The summed E-state index contributed by atoms with van der Waals surface area (Å²) >= 11 is 0. The Hall–Kier alpha value is -2.72. The lowest BCUT2D eigenvalue weighted by atomic mass is 9.96. The van der Waals surface area contributed by atoms with Gasteiger partial charge in [-0.3, -0.25) is 4.98 Å². The molecule has 4 rings (SSSR count). The molecule has 0 spiro atoms. The first-order chi connectivity index (χ1) is 12.2. The van der Waals surface area contributed by atoms with E-state index in [-0.39, 0.29) is 0 Å². The third-order valence-electron chi connectivity index (χ3n) is 4.87. The molecule has 4 nitrogen and oxygen atoms in total. The van der Waals surface area contributed by atoms with Crippen LogP contribution in [0.2, 0.25) is 0 Å². The Morgan fingerprint density at radius 3 is 2.76 bits per heavy atom. The Labute approximate surface area is 148 Å². The Bertz CT molecular complexity index is 862. The molecule has 0 bridgehead atoms. The first-order valence-electron chi connectivity index (χ1n) is 8.66. The number of hydrogen-bond acceptors (Lipinski definition) is 4. The van der Waals surface area contributed by atoms with Crippen molar-refractivity contribution in [3.8, 4) is 0 Å². The van der Waals surface area contributed by atoms with Gasteiger partial charge in [-0.15, -0.1) is 0 Å². The van der Waals surface area contributed by atoms with Gasteiger partial charge in [-0.05, 0) is 54.6 Å². The van der Waals surface area contributed by atoms with E-state index in [1.54, 1.807) is 6.20 Å². The molecule has 25 heavy (non-hydrogen) atoms. The summed E-state index contributed by atoms with van der Waals surface area (Å²) < 4.78 is 0. The van der Waals surface area contributed by atoms with Crippen molar-refractivity contribution in [3.05, 3.63) is 77.9 Å². The van der Waals surface area contributed by atoms with E-state index in [9.17, 15) is 0 Å². The maximum Gasteiger partial charge on any atom is 0.129 e. The monoisotopic (exact) mass is 330 g/mol. The number of allylic oxidation sites excluding steroid dienone is 1. The number of rotatable bonds is 4. The van der Waals surface area contributed by atoms with Crippen LogP contribution in [0.25, 0.3) is 11.1 Å². The molecule has 4 heteroatoms. The molecule has 1 N–H and O–H groups in total. The van der Waals surface area contributed by atoms with Gasteiger partial charge in [-0.25, -0.2) is 4.98 Å². The van der Waals surface area contributed by atoms with E-state index < -0.39 is 0 Å². The van der Waals surface area contributed by atoms with Crippen LogP contribution in [0.1, 0.15) is 28.8 Å². The minimum absolute atomic E-state index is 0.806. The van der Waals surface area contributed by atoms with Gasteiger partial charge < -0.3 is 10.2 Å². The summed E-state index contributed by atoms with van der Waals surface area (Å²) in [6.07, 6.45) is 12.1. The number of nitrogens with zero attached hydrogens (tertiary/aromatic N) is 3. The van der Waals surface area contributed by atoms with Crippen molar-refractivity contribution < 1.29 is 0 Å². The zero-order valence-electron chi connectivity index (χ0n) is 14.5. The van der Waals surface area contributed by atoms with Gasteiger partial charge in [0.1, 0.15) is 5.82 Å². The minimum atomic E-state index is 0.806. The van der Waals surface area contributed by atoms with Crippen molar-refractivity contribution in [1.82, 2.24) is 14.9 Å². The third kappa shape index (κ3) is 3.13. The molecule has 0 amide bonds. The van der Waals surface area contributed by atoms with Crippen molar-refractivity contribution in [1.29, 1.82) is 0 Å². The number of hydrogen-bond donors (Lipinski definition) is 1. The normalized spacial score (nSPS) is 16.8. The van der Waals surface area contributed by atoms with Crippen LogP contribution >= 0.6 is 0 Å². The summed E-state index contributed by atoms with van der Waals surface area (Å²) in [4.78, 5) is 11.5. The average Bonchev–Trinajstić information content (AvgIpc) is 3.06. The van der Waals surface area contributed by atoms with Gasteiger partial charge in [0.15, 0.2) is 0 Å². The highest BCUT2D eigenvalue weighted by Crippen LogP contribution is 2.34. The molecule has 0 radical (unpaired) electrons. The van der Waals surface area contributed by atoms with E-state index in [4.69, 9.17) is 4.98 Å². The fraction of sp³-hybridized carbons (Fsp3) is 0.238. The van der Waals surface area contributed by atoms with Gasteiger partial charge >= 0.3 is 0 Å². The van der Waals surface area contributed by atoms with Crippen molar-refractivity contribution in [3.63, 3.8) is 0 Å². The van der Waals surface area contributed by atoms with E-state index in [2.05, 4.69) is 53.1 Å². The van der Waals surface area contributed by atoms with E-state index in [1.807, 2.05) is 18.5 Å². The van der Waals surface area contributed by atoms with Crippen LogP contribution in [0.15, 0.2) is 55.5 Å². The number of aromatic nitrogens is 2. The Morgan fingerprint density at radius 1 is 1.16 bits per heavy atom. The van der Waals surface area contributed by atoms with E-state index >= 15 is 0 Å². The zero-order chi connectivity index (χ0) is 17.2. The van der Waals surface area contributed by atoms with Crippen molar-refractivity contribution in [2.75, 3.05) is 25.5 Å². The molecule has 0 saturated carbocycles. The molecule has 0 unspecified atom stereocenters. The fourth-order valence-electron chi connectivity index (χ4n) is 3.42. The topological polar surface area (TPSA) is 41.1 Å². The smallest absolute Gasteiger partial charge is 0.129 e. The van der Waals surface area contributed by atoms with Gasteiger partial charge in [-0.2, -0.15) is 0 Å². The summed E-state index contributed by atoms with van der Waals surface area (Å²) in [5.74, 6) is 0.806. The Balaban J connectivity index is 1.65. The molecule has 1 aliphatic heterocycles. The molecule has 2 aromatic rings. The number of pyridine rings is 2. The second-order valence-electron chi connectivity index (χ2n) is 6.56. The minimum Gasteiger partial charge on any atom is -0.347 e. The second kappa shape index (κ2) is 6.65. The Morgan fingerprint density at radius 2 is 2.04 bits per heavy atom. The van der Waals surface area contributed by atoms with Crippen molar-refractivity contribution in [2.45, 2.75) is 12.8 Å². The van der Waals surface area contributed by atoms with Crippen LogP contribution in [0, 0.1) is 0 Å². The van der Waals surface area contributed by atoms with Gasteiger partial charge in [0.2, 0.25) is 0 Å². The number of likely N-dealkylation sites (N-methyl/N-ethyl adjacent to an activating group) is 1. The summed E-state index contributed by atoms with van der Waals surface area (Å²) in [7, 11) is 2.16. The average molecular weight is 330 g/mol. The lowest BCUT2D eigenvalue weighted by Crippen LogP contribution is -2.23. The molecule has 0 aromatic carbocycles.